The van der Waals surface area contributed by atoms with Crippen molar-refractivity contribution in [2.45, 2.75) is 20.3 Å². The Morgan fingerprint density at radius 2 is 1.84 bits per heavy atom. The van der Waals surface area contributed by atoms with E-state index in [4.69, 9.17) is 9.47 Å². The fraction of sp³-hybridized carbons (Fsp3) is 0.429. The van der Waals surface area contributed by atoms with Crippen molar-refractivity contribution in [3.8, 4) is 5.75 Å². The predicted octanol–water partition coefficient (Wildman–Crippen LogP) is 3.03. The summed E-state index contributed by atoms with van der Waals surface area (Å²) in [4.78, 5) is 22.6. The first-order valence-electron chi connectivity index (χ1n) is 6.09. The van der Waals surface area contributed by atoms with Gasteiger partial charge in [-0.3, -0.25) is 0 Å². The smallest absolute Gasteiger partial charge is 0.462 e. The van der Waals surface area contributed by atoms with Crippen LogP contribution in [0.4, 0.5) is 4.79 Å². The van der Waals surface area contributed by atoms with Crippen molar-refractivity contribution in [1.29, 1.82) is 0 Å². The van der Waals surface area contributed by atoms with Crippen molar-refractivity contribution in [3.63, 3.8) is 0 Å². The molecule has 0 spiro atoms. The highest BCUT2D eigenvalue weighted by Crippen LogP contribution is 2.14. The van der Waals surface area contributed by atoms with Crippen LogP contribution in [-0.2, 0) is 9.47 Å². The average molecular weight is 266 g/mol. The summed E-state index contributed by atoms with van der Waals surface area (Å²) in [5, 5.41) is 0. The van der Waals surface area contributed by atoms with Crippen LogP contribution < -0.4 is 4.74 Å². The molecule has 0 aromatic heterocycles. The van der Waals surface area contributed by atoms with Gasteiger partial charge in [-0.05, 0) is 30.2 Å². The van der Waals surface area contributed by atoms with Gasteiger partial charge in [-0.15, -0.1) is 0 Å². The molecule has 19 heavy (non-hydrogen) atoms. The topological polar surface area (TPSA) is 61.8 Å². The summed E-state index contributed by atoms with van der Waals surface area (Å²) in [6.07, 6.45) is 0.159. The third kappa shape index (κ3) is 4.99. The molecule has 5 heteroatoms. The third-order valence-corrected chi connectivity index (χ3v) is 2.65. The minimum Gasteiger partial charge on any atom is -0.462 e. The molecule has 104 valence electrons. The van der Waals surface area contributed by atoms with E-state index in [0.29, 0.717) is 23.8 Å². The third-order valence-electron chi connectivity index (χ3n) is 2.65. The highest BCUT2D eigenvalue weighted by Gasteiger charge is 2.10. The van der Waals surface area contributed by atoms with E-state index in [9.17, 15) is 9.59 Å². The van der Waals surface area contributed by atoms with Crippen LogP contribution in [0, 0.1) is 5.92 Å². The molecule has 0 radical (unpaired) electrons. The molecule has 1 rings (SSSR count). The molecule has 0 aliphatic heterocycles. The lowest BCUT2D eigenvalue weighted by atomic mass is 10.1. The van der Waals surface area contributed by atoms with Gasteiger partial charge in [0.2, 0.25) is 0 Å². The lowest BCUT2D eigenvalue weighted by Crippen LogP contribution is -2.12. The second kappa shape index (κ2) is 7.41. The number of rotatable bonds is 5. The SMILES string of the molecule is CC[C@@H](C)COC(=O)c1ccc(OC(=O)OC)cc1. The van der Waals surface area contributed by atoms with Gasteiger partial charge in [0, 0.05) is 0 Å². The fourth-order valence-electron chi connectivity index (χ4n) is 1.22. The number of hydrogen-bond donors (Lipinski definition) is 0. The summed E-state index contributed by atoms with van der Waals surface area (Å²) >= 11 is 0. The van der Waals surface area contributed by atoms with Crippen LogP contribution in [0.1, 0.15) is 30.6 Å². The van der Waals surface area contributed by atoms with Crippen LogP contribution >= 0.6 is 0 Å². The molecule has 5 nitrogen and oxygen atoms in total. The van der Waals surface area contributed by atoms with Crippen molar-refractivity contribution >= 4 is 12.1 Å². The molecule has 0 aliphatic rings. The molecular weight excluding hydrogens is 248 g/mol. The molecule has 0 aliphatic carbocycles. The highest BCUT2D eigenvalue weighted by molar-refractivity contribution is 5.89. The summed E-state index contributed by atoms with van der Waals surface area (Å²) in [5.41, 5.74) is 0.417. The van der Waals surface area contributed by atoms with Crippen molar-refractivity contribution in [3.05, 3.63) is 29.8 Å². The van der Waals surface area contributed by atoms with Gasteiger partial charge in [-0.25, -0.2) is 9.59 Å². The summed E-state index contributed by atoms with van der Waals surface area (Å²) in [7, 11) is 1.23. The first kappa shape index (κ1) is 15.0. The van der Waals surface area contributed by atoms with E-state index in [0.717, 1.165) is 6.42 Å². The molecule has 1 atom stereocenters. The summed E-state index contributed by atoms with van der Waals surface area (Å²) in [5.74, 6) is 0.265. The highest BCUT2D eigenvalue weighted by atomic mass is 16.7. The lowest BCUT2D eigenvalue weighted by Gasteiger charge is -2.09. The Hall–Kier alpha value is -2.04. The Kier molecular flexibility index (Phi) is 5.85. The van der Waals surface area contributed by atoms with Gasteiger partial charge in [-0.2, -0.15) is 0 Å². The van der Waals surface area contributed by atoms with Crippen LogP contribution in [0.3, 0.4) is 0 Å². The Morgan fingerprint density at radius 3 is 2.37 bits per heavy atom. The summed E-state index contributed by atoms with van der Waals surface area (Å²) < 4.78 is 14.3. The van der Waals surface area contributed by atoms with Gasteiger partial charge in [-0.1, -0.05) is 20.3 Å². The summed E-state index contributed by atoms with van der Waals surface area (Å²) in [6.45, 7) is 4.45. The van der Waals surface area contributed by atoms with E-state index in [2.05, 4.69) is 4.74 Å². The zero-order chi connectivity index (χ0) is 14.3. The molecule has 0 fully saturated rings. The van der Waals surface area contributed by atoms with Crippen LogP contribution in [0.2, 0.25) is 0 Å². The lowest BCUT2D eigenvalue weighted by molar-refractivity contribution is 0.0447. The number of esters is 1. The maximum absolute atomic E-state index is 11.7. The second-order valence-corrected chi connectivity index (χ2v) is 4.19. The Labute approximate surface area is 112 Å². The Morgan fingerprint density at radius 1 is 1.21 bits per heavy atom. The summed E-state index contributed by atoms with van der Waals surface area (Å²) in [6, 6.07) is 6.10. The number of benzene rings is 1. The minimum atomic E-state index is -0.799. The molecule has 0 bridgehead atoms. The first-order valence-corrected chi connectivity index (χ1v) is 6.09. The predicted molar refractivity (Wildman–Crippen MR) is 69.2 cm³/mol. The van der Waals surface area contributed by atoms with Gasteiger partial charge in [0.05, 0.1) is 19.3 Å². The van der Waals surface area contributed by atoms with E-state index < -0.39 is 6.16 Å². The normalized spacial score (nSPS) is 11.5. The van der Waals surface area contributed by atoms with Crippen molar-refractivity contribution in [2.75, 3.05) is 13.7 Å². The van der Waals surface area contributed by atoms with Gasteiger partial charge in [0.15, 0.2) is 0 Å². The molecule has 0 unspecified atom stereocenters. The molecular formula is C14H18O5. The number of carbonyl (C=O) groups excluding carboxylic acids is 2. The van der Waals surface area contributed by atoms with Gasteiger partial charge in [0.1, 0.15) is 5.75 Å². The Balaban J connectivity index is 2.55. The van der Waals surface area contributed by atoms with Crippen LogP contribution in [0.15, 0.2) is 24.3 Å². The fourth-order valence-corrected chi connectivity index (χ4v) is 1.22. The first-order chi connectivity index (χ1) is 9.06. The van der Waals surface area contributed by atoms with Gasteiger partial charge in [0.25, 0.3) is 0 Å². The maximum Gasteiger partial charge on any atom is 0.513 e. The number of methoxy groups -OCH3 is 1. The van der Waals surface area contributed by atoms with Crippen molar-refractivity contribution < 1.29 is 23.8 Å². The van der Waals surface area contributed by atoms with Crippen molar-refractivity contribution in [1.82, 2.24) is 0 Å². The van der Waals surface area contributed by atoms with Crippen molar-refractivity contribution in [2.24, 2.45) is 5.92 Å². The second-order valence-electron chi connectivity index (χ2n) is 4.19. The molecule has 0 saturated carbocycles. The van der Waals surface area contributed by atoms with E-state index in [1.807, 2.05) is 13.8 Å². The van der Waals surface area contributed by atoms with E-state index in [1.54, 1.807) is 0 Å². The standard InChI is InChI=1S/C14H18O5/c1-4-10(2)9-18-13(15)11-5-7-12(8-6-11)19-14(16)17-3/h5-8,10H,4,9H2,1-3H3/t10-/m1/s1. The van der Waals surface area contributed by atoms with Gasteiger partial charge >= 0.3 is 12.1 Å². The van der Waals surface area contributed by atoms with E-state index in [-0.39, 0.29) is 5.97 Å². The largest absolute Gasteiger partial charge is 0.513 e. The molecule has 1 aromatic rings. The van der Waals surface area contributed by atoms with E-state index >= 15 is 0 Å². The van der Waals surface area contributed by atoms with Crippen LogP contribution in [0.5, 0.6) is 5.75 Å². The minimum absolute atomic E-state index is 0.310. The van der Waals surface area contributed by atoms with Gasteiger partial charge < -0.3 is 14.2 Å². The maximum atomic E-state index is 11.7. The number of carbonyl (C=O) groups is 2. The monoisotopic (exact) mass is 266 g/mol. The van der Waals surface area contributed by atoms with E-state index in [1.165, 1.54) is 31.4 Å². The Bertz CT molecular complexity index is 424. The van der Waals surface area contributed by atoms with Crippen LogP contribution in [0.25, 0.3) is 0 Å². The molecule has 0 saturated heterocycles. The number of hydrogen-bond acceptors (Lipinski definition) is 5. The quantitative estimate of drug-likeness (QED) is 0.605. The molecule has 0 N–H and O–H groups in total. The zero-order valence-corrected chi connectivity index (χ0v) is 11.3. The number of ether oxygens (including phenoxy) is 3. The molecule has 0 amide bonds. The molecule has 0 heterocycles. The average Bonchev–Trinajstić information content (AvgIpc) is 2.44. The zero-order valence-electron chi connectivity index (χ0n) is 11.3. The van der Waals surface area contributed by atoms with Crippen LogP contribution in [-0.4, -0.2) is 25.8 Å². The molecule has 1 aromatic carbocycles.